The van der Waals surface area contributed by atoms with Gasteiger partial charge in [0.1, 0.15) is 5.75 Å². The molecule has 3 nitrogen and oxygen atoms in total. The van der Waals surface area contributed by atoms with E-state index in [9.17, 15) is 0 Å². The van der Waals surface area contributed by atoms with Crippen LogP contribution in [0.1, 0.15) is 45.1 Å². The van der Waals surface area contributed by atoms with Gasteiger partial charge < -0.3 is 15.4 Å². The number of nitrogens with two attached hydrogens (primary N) is 1. The maximum absolute atomic E-state index is 6.83. The fourth-order valence-corrected chi connectivity index (χ4v) is 2.92. The minimum atomic E-state index is -0.340. The summed E-state index contributed by atoms with van der Waals surface area (Å²) in [4.78, 5) is 2.26. The normalized spacial score (nSPS) is 15.9. The molecule has 0 fully saturated rings. The lowest BCUT2D eigenvalue weighted by Crippen LogP contribution is -2.53. The maximum Gasteiger partial charge on any atom is 0.119 e. The maximum atomic E-state index is 6.83. The van der Waals surface area contributed by atoms with Crippen LogP contribution in [0.5, 0.6) is 5.75 Å². The highest BCUT2D eigenvalue weighted by molar-refractivity contribution is 5.34. The Kier molecular flexibility index (Phi) is 6.50. The summed E-state index contributed by atoms with van der Waals surface area (Å²) in [6.07, 6.45) is 4.42. The first-order chi connectivity index (χ1) is 9.49. The van der Waals surface area contributed by atoms with Gasteiger partial charge in [0, 0.05) is 6.04 Å². The first-order valence-electron chi connectivity index (χ1n) is 7.59. The van der Waals surface area contributed by atoms with Crippen molar-refractivity contribution in [3.63, 3.8) is 0 Å². The SMILES string of the molecule is CCCCC(N(C)C)C(N)(CC)c1cccc(OC)c1. The lowest BCUT2D eigenvalue weighted by Gasteiger charge is -2.41. The van der Waals surface area contributed by atoms with E-state index in [1.165, 1.54) is 12.8 Å². The Morgan fingerprint density at radius 1 is 1.30 bits per heavy atom. The van der Waals surface area contributed by atoms with Crippen molar-refractivity contribution in [3.8, 4) is 5.75 Å². The van der Waals surface area contributed by atoms with Gasteiger partial charge in [0.25, 0.3) is 0 Å². The standard InChI is InChI=1S/C17H30N2O/c1-6-8-12-16(19(3)4)17(18,7-2)14-10-9-11-15(13-14)20-5/h9-11,13,16H,6-8,12,18H2,1-5H3. The first-order valence-corrected chi connectivity index (χ1v) is 7.59. The lowest BCUT2D eigenvalue weighted by molar-refractivity contribution is 0.157. The highest BCUT2D eigenvalue weighted by Gasteiger charge is 2.36. The Labute approximate surface area is 124 Å². The van der Waals surface area contributed by atoms with Crippen LogP contribution in [0.3, 0.4) is 0 Å². The molecule has 1 aromatic carbocycles. The number of methoxy groups -OCH3 is 1. The summed E-state index contributed by atoms with van der Waals surface area (Å²) < 4.78 is 5.35. The van der Waals surface area contributed by atoms with E-state index in [4.69, 9.17) is 10.5 Å². The lowest BCUT2D eigenvalue weighted by atomic mass is 9.78. The van der Waals surface area contributed by atoms with Crippen molar-refractivity contribution in [2.45, 2.75) is 51.1 Å². The number of ether oxygens (including phenoxy) is 1. The van der Waals surface area contributed by atoms with Crippen molar-refractivity contribution in [3.05, 3.63) is 29.8 Å². The summed E-state index contributed by atoms with van der Waals surface area (Å²) in [5, 5.41) is 0. The Morgan fingerprint density at radius 2 is 2.00 bits per heavy atom. The monoisotopic (exact) mass is 278 g/mol. The predicted molar refractivity (Wildman–Crippen MR) is 86.2 cm³/mol. The fourth-order valence-electron chi connectivity index (χ4n) is 2.92. The highest BCUT2D eigenvalue weighted by Crippen LogP contribution is 2.33. The van der Waals surface area contributed by atoms with E-state index in [0.717, 1.165) is 24.2 Å². The van der Waals surface area contributed by atoms with Crippen molar-refractivity contribution in [1.82, 2.24) is 4.90 Å². The van der Waals surface area contributed by atoms with Gasteiger partial charge in [-0.2, -0.15) is 0 Å². The van der Waals surface area contributed by atoms with Crippen molar-refractivity contribution in [2.75, 3.05) is 21.2 Å². The van der Waals surface area contributed by atoms with Crippen molar-refractivity contribution >= 4 is 0 Å². The van der Waals surface area contributed by atoms with Gasteiger partial charge >= 0.3 is 0 Å². The molecule has 0 saturated heterocycles. The summed E-state index contributed by atoms with van der Waals surface area (Å²) in [5.74, 6) is 0.874. The molecule has 0 amide bonds. The minimum absolute atomic E-state index is 0.333. The molecule has 0 aliphatic rings. The van der Waals surface area contributed by atoms with Crippen LogP contribution in [-0.4, -0.2) is 32.1 Å². The molecule has 0 radical (unpaired) electrons. The molecule has 0 heterocycles. The number of unbranched alkanes of at least 4 members (excludes halogenated alkanes) is 1. The van der Waals surface area contributed by atoms with E-state index < -0.39 is 0 Å². The highest BCUT2D eigenvalue weighted by atomic mass is 16.5. The van der Waals surface area contributed by atoms with E-state index in [1.54, 1.807) is 7.11 Å². The van der Waals surface area contributed by atoms with E-state index in [1.807, 2.05) is 12.1 Å². The van der Waals surface area contributed by atoms with Crippen LogP contribution in [0.25, 0.3) is 0 Å². The number of nitrogens with zero attached hydrogens (tertiary/aromatic N) is 1. The molecule has 2 N–H and O–H groups in total. The topological polar surface area (TPSA) is 38.5 Å². The Hall–Kier alpha value is -1.06. The fraction of sp³-hybridized carbons (Fsp3) is 0.647. The second-order valence-corrected chi connectivity index (χ2v) is 5.75. The molecule has 114 valence electrons. The second-order valence-electron chi connectivity index (χ2n) is 5.75. The summed E-state index contributed by atoms with van der Waals surface area (Å²) in [6.45, 7) is 4.39. The zero-order valence-corrected chi connectivity index (χ0v) is 13.6. The van der Waals surface area contributed by atoms with Gasteiger partial charge in [-0.3, -0.25) is 0 Å². The third-order valence-electron chi connectivity index (χ3n) is 4.24. The summed E-state index contributed by atoms with van der Waals surface area (Å²) in [7, 11) is 5.94. The number of likely N-dealkylation sites (N-methyl/N-ethyl adjacent to an activating group) is 1. The zero-order valence-electron chi connectivity index (χ0n) is 13.6. The third kappa shape index (κ3) is 3.74. The van der Waals surface area contributed by atoms with Crippen molar-refractivity contribution in [1.29, 1.82) is 0 Å². The number of rotatable bonds is 8. The number of hydrogen-bond donors (Lipinski definition) is 1. The number of benzene rings is 1. The molecule has 3 heteroatoms. The van der Waals surface area contributed by atoms with Crippen LogP contribution in [0.4, 0.5) is 0 Å². The molecule has 1 aromatic rings. The van der Waals surface area contributed by atoms with E-state index in [0.29, 0.717) is 6.04 Å². The van der Waals surface area contributed by atoms with Crippen LogP contribution in [0, 0.1) is 0 Å². The van der Waals surface area contributed by atoms with E-state index >= 15 is 0 Å². The van der Waals surface area contributed by atoms with Crippen LogP contribution < -0.4 is 10.5 Å². The Bertz CT molecular complexity index is 406. The van der Waals surface area contributed by atoms with Gasteiger partial charge in [-0.25, -0.2) is 0 Å². The van der Waals surface area contributed by atoms with Gasteiger partial charge in [-0.05, 0) is 44.6 Å². The van der Waals surface area contributed by atoms with Crippen molar-refractivity contribution < 1.29 is 4.74 Å². The zero-order chi connectivity index (χ0) is 15.2. The van der Waals surface area contributed by atoms with Gasteiger partial charge in [0.15, 0.2) is 0 Å². The van der Waals surface area contributed by atoms with Gasteiger partial charge in [0.2, 0.25) is 0 Å². The predicted octanol–water partition coefficient (Wildman–Crippen LogP) is 3.38. The molecular weight excluding hydrogens is 248 g/mol. The van der Waals surface area contributed by atoms with Crippen LogP contribution in [0.15, 0.2) is 24.3 Å². The molecule has 2 atom stereocenters. The van der Waals surface area contributed by atoms with Crippen LogP contribution in [0.2, 0.25) is 0 Å². The molecule has 0 saturated carbocycles. The first kappa shape index (κ1) is 17.0. The summed E-state index contributed by atoms with van der Waals surface area (Å²) >= 11 is 0. The summed E-state index contributed by atoms with van der Waals surface area (Å²) in [5.41, 5.74) is 7.65. The average Bonchev–Trinajstić information content (AvgIpc) is 2.47. The Balaban J connectivity index is 3.14. The third-order valence-corrected chi connectivity index (χ3v) is 4.24. The van der Waals surface area contributed by atoms with Crippen LogP contribution >= 0.6 is 0 Å². The smallest absolute Gasteiger partial charge is 0.119 e. The largest absolute Gasteiger partial charge is 0.497 e. The van der Waals surface area contributed by atoms with E-state index in [-0.39, 0.29) is 5.54 Å². The van der Waals surface area contributed by atoms with Gasteiger partial charge in [0.05, 0.1) is 12.6 Å². The molecule has 0 spiro atoms. The molecule has 1 rings (SSSR count). The molecule has 0 aliphatic carbocycles. The minimum Gasteiger partial charge on any atom is -0.497 e. The summed E-state index contributed by atoms with van der Waals surface area (Å²) in [6, 6.07) is 8.52. The molecule has 2 unspecified atom stereocenters. The molecule has 20 heavy (non-hydrogen) atoms. The van der Waals surface area contributed by atoms with Gasteiger partial charge in [-0.1, -0.05) is 38.8 Å². The second kappa shape index (κ2) is 7.65. The van der Waals surface area contributed by atoms with E-state index in [2.05, 4.69) is 45.0 Å². The van der Waals surface area contributed by atoms with Crippen molar-refractivity contribution in [2.24, 2.45) is 5.73 Å². The quantitative estimate of drug-likeness (QED) is 0.792. The molecule has 0 aliphatic heterocycles. The molecule has 0 bridgehead atoms. The number of hydrogen-bond acceptors (Lipinski definition) is 3. The van der Waals surface area contributed by atoms with Gasteiger partial charge in [-0.15, -0.1) is 0 Å². The Morgan fingerprint density at radius 3 is 2.50 bits per heavy atom. The average molecular weight is 278 g/mol. The molecule has 0 aromatic heterocycles. The molecular formula is C17H30N2O. The van der Waals surface area contributed by atoms with Crippen LogP contribution in [-0.2, 0) is 5.54 Å².